The molecule has 1 heterocycles. The Morgan fingerprint density at radius 2 is 1.56 bits per heavy atom. The standard InChI is InChI=1S/C25H33N3O4/c1-16-9-17(2)25(18(3)10-16)26-23(29)14-27(4)15-24(30)28-8-7-19-11-21(31-5)22(32-6)12-20(19)13-28/h9-12H,7-8,13-15H2,1-6H3,(H,26,29). The predicted molar refractivity (Wildman–Crippen MR) is 125 cm³/mol. The van der Waals surface area contributed by atoms with Crippen molar-refractivity contribution >= 4 is 17.5 Å². The summed E-state index contributed by atoms with van der Waals surface area (Å²) in [5, 5.41) is 2.99. The summed E-state index contributed by atoms with van der Waals surface area (Å²) in [7, 11) is 5.02. The average Bonchev–Trinajstić information content (AvgIpc) is 2.74. The zero-order valence-electron chi connectivity index (χ0n) is 19.9. The van der Waals surface area contributed by atoms with E-state index in [0.29, 0.717) is 24.6 Å². The number of carbonyl (C=O) groups excluding carboxylic acids is 2. The summed E-state index contributed by atoms with van der Waals surface area (Å²) in [5.74, 6) is 1.24. The van der Waals surface area contributed by atoms with Gasteiger partial charge >= 0.3 is 0 Å². The van der Waals surface area contributed by atoms with Crippen LogP contribution in [0.3, 0.4) is 0 Å². The summed E-state index contributed by atoms with van der Waals surface area (Å²) in [6, 6.07) is 8.03. The van der Waals surface area contributed by atoms with Crippen LogP contribution in [0.5, 0.6) is 11.5 Å². The van der Waals surface area contributed by atoms with Crippen LogP contribution < -0.4 is 14.8 Å². The van der Waals surface area contributed by atoms with E-state index in [4.69, 9.17) is 9.47 Å². The molecule has 1 aliphatic heterocycles. The largest absolute Gasteiger partial charge is 0.493 e. The minimum absolute atomic E-state index is 0.00318. The van der Waals surface area contributed by atoms with E-state index in [0.717, 1.165) is 28.8 Å². The van der Waals surface area contributed by atoms with Crippen LogP contribution in [0.4, 0.5) is 5.69 Å². The lowest BCUT2D eigenvalue weighted by Crippen LogP contribution is -2.43. The molecule has 0 aromatic heterocycles. The van der Waals surface area contributed by atoms with Crippen LogP contribution in [0.25, 0.3) is 0 Å². The molecule has 0 saturated heterocycles. The molecule has 0 aliphatic carbocycles. The summed E-state index contributed by atoms with van der Waals surface area (Å²) in [4.78, 5) is 29.0. The number of fused-ring (bicyclic) bond motifs is 1. The van der Waals surface area contributed by atoms with Crippen LogP contribution in [-0.2, 0) is 22.6 Å². The van der Waals surface area contributed by atoms with Crippen molar-refractivity contribution in [3.8, 4) is 11.5 Å². The lowest BCUT2D eigenvalue weighted by molar-refractivity contribution is -0.133. The van der Waals surface area contributed by atoms with Crippen molar-refractivity contribution in [2.45, 2.75) is 33.7 Å². The molecule has 32 heavy (non-hydrogen) atoms. The molecule has 7 nitrogen and oxygen atoms in total. The average molecular weight is 440 g/mol. The van der Waals surface area contributed by atoms with Gasteiger partial charge < -0.3 is 19.7 Å². The molecule has 2 aromatic rings. The maximum absolute atomic E-state index is 12.9. The van der Waals surface area contributed by atoms with E-state index in [-0.39, 0.29) is 24.9 Å². The molecule has 0 fully saturated rings. The van der Waals surface area contributed by atoms with E-state index in [1.807, 2.05) is 37.8 Å². The fourth-order valence-corrected chi connectivity index (χ4v) is 4.28. The van der Waals surface area contributed by atoms with E-state index in [1.165, 1.54) is 11.1 Å². The summed E-state index contributed by atoms with van der Waals surface area (Å²) in [5.41, 5.74) is 6.32. The van der Waals surface area contributed by atoms with E-state index in [2.05, 4.69) is 17.4 Å². The number of nitrogens with zero attached hydrogens (tertiary/aromatic N) is 2. The summed E-state index contributed by atoms with van der Waals surface area (Å²) < 4.78 is 10.8. The Balaban J connectivity index is 1.58. The first kappa shape index (κ1) is 23.6. The van der Waals surface area contributed by atoms with Crippen LogP contribution in [0, 0.1) is 20.8 Å². The molecular formula is C25H33N3O4. The maximum atomic E-state index is 12.9. The Labute approximate surface area is 190 Å². The number of benzene rings is 2. The highest BCUT2D eigenvalue weighted by atomic mass is 16.5. The first-order valence-corrected chi connectivity index (χ1v) is 10.8. The summed E-state index contributed by atoms with van der Waals surface area (Å²) in [6.07, 6.45) is 0.762. The zero-order valence-corrected chi connectivity index (χ0v) is 19.9. The minimum atomic E-state index is -0.129. The van der Waals surface area contributed by atoms with Gasteiger partial charge in [-0.2, -0.15) is 0 Å². The topological polar surface area (TPSA) is 71.1 Å². The molecule has 0 unspecified atom stereocenters. The lowest BCUT2D eigenvalue weighted by atomic mass is 9.98. The van der Waals surface area contributed by atoms with E-state index in [1.54, 1.807) is 26.2 Å². The van der Waals surface area contributed by atoms with Crippen molar-refractivity contribution in [2.24, 2.45) is 0 Å². The van der Waals surface area contributed by atoms with Crippen molar-refractivity contribution in [3.63, 3.8) is 0 Å². The second kappa shape index (κ2) is 10.0. The number of hydrogen-bond acceptors (Lipinski definition) is 5. The SMILES string of the molecule is COc1cc2c(cc1OC)CN(C(=O)CN(C)CC(=O)Nc1c(C)cc(C)cc1C)CC2. The molecule has 0 atom stereocenters. The molecule has 0 radical (unpaired) electrons. The Hall–Kier alpha value is -3.06. The Morgan fingerprint density at radius 1 is 0.969 bits per heavy atom. The Kier molecular flexibility index (Phi) is 7.40. The van der Waals surface area contributed by atoms with Gasteiger partial charge in [-0.05, 0) is 68.6 Å². The Bertz CT molecular complexity index is 995. The lowest BCUT2D eigenvalue weighted by Gasteiger charge is -2.31. The van der Waals surface area contributed by atoms with Crippen LogP contribution in [0.1, 0.15) is 27.8 Å². The van der Waals surface area contributed by atoms with Gasteiger partial charge in [0.1, 0.15) is 0 Å². The quantitative estimate of drug-likeness (QED) is 0.718. The molecule has 0 spiro atoms. The fourth-order valence-electron chi connectivity index (χ4n) is 4.28. The molecule has 0 saturated carbocycles. The van der Waals surface area contributed by atoms with Crippen molar-refractivity contribution in [3.05, 3.63) is 52.1 Å². The second-order valence-electron chi connectivity index (χ2n) is 8.54. The van der Waals surface area contributed by atoms with Crippen molar-refractivity contribution < 1.29 is 19.1 Å². The first-order valence-electron chi connectivity index (χ1n) is 10.8. The van der Waals surface area contributed by atoms with Crippen LogP contribution in [0.2, 0.25) is 0 Å². The number of ether oxygens (including phenoxy) is 2. The van der Waals surface area contributed by atoms with E-state index >= 15 is 0 Å². The number of nitrogens with one attached hydrogen (secondary N) is 1. The second-order valence-corrected chi connectivity index (χ2v) is 8.54. The molecule has 0 bridgehead atoms. The molecule has 2 amide bonds. The smallest absolute Gasteiger partial charge is 0.238 e. The third kappa shape index (κ3) is 5.40. The van der Waals surface area contributed by atoms with Gasteiger partial charge in [-0.15, -0.1) is 0 Å². The van der Waals surface area contributed by atoms with Crippen LogP contribution in [0.15, 0.2) is 24.3 Å². The predicted octanol–water partition coefficient (Wildman–Crippen LogP) is 3.08. The zero-order chi connectivity index (χ0) is 23.4. The number of methoxy groups -OCH3 is 2. The normalized spacial score (nSPS) is 13.0. The number of hydrogen-bond donors (Lipinski definition) is 1. The number of aryl methyl sites for hydroxylation is 3. The molecule has 172 valence electrons. The number of likely N-dealkylation sites (N-methyl/N-ethyl adjacent to an activating group) is 1. The number of amides is 2. The van der Waals surface area contributed by atoms with Crippen molar-refractivity contribution in [1.29, 1.82) is 0 Å². The van der Waals surface area contributed by atoms with Gasteiger partial charge in [0.25, 0.3) is 0 Å². The summed E-state index contributed by atoms with van der Waals surface area (Å²) >= 11 is 0. The van der Waals surface area contributed by atoms with Crippen molar-refractivity contribution in [2.75, 3.05) is 46.2 Å². The van der Waals surface area contributed by atoms with Gasteiger partial charge in [0.2, 0.25) is 11.8 Å². The number of carbonyl (C=O) groups is 2. The van der Waals surface area contributed by atoms with Gasteiger partial charge in [0, 0.05) is 18.8 Å². The van der Waals surface area contributed by atoms with Crippen LogP contribution in [-0.4, -0.2) is 62.5 Å². The third-order valence-corrected chi connectivity index (χ3v) is 5.83. The molecular weight excluding hydrogens is 406 g/mol. The maximum Gasteiger partial charge on any atom is 0.238 e. The van der Waals surface area contributed by atoms with Gasteiger partial charge in [0.15, 0.2) is 11.5 Å². The molecule has 1 N–H and O–H groups in total. The molecule has 3 rings (SSSR count). The van der Waals surface area contributed by atoms with Gasteiger partial charge in [-0.1, -0.05) is 17.7 Å². The van der Waals surface area contributed by atoms with Gasteiger partial charge in [-0.25, -0.2) is 0 Å². The number of anilines is 1. The molecule has 2 aromatic carbocycles. The minimum Gasteiger partial charge on any atom is -0.493 e. The number of rotatable bonds is 7. The summed E-state index contributed by atoms with van der Waals surface area (Å²) in [6.45, 7) is 7.51. The Morgan fingerprint density at radius 3 is 2.16 bits per heavy atom. The molecule has 7 heteroatoms. The van der Waals surface area contributed by atoms with Gasteiger partial charge in [-0.3, -0.25) is 14.5 Å². The monoisotopic (exact) mass is 439 g/mol. The highest BCUT2D eigenvalue weighted by Crippen LogP contribution is 2.33. The van der Waals surface area contributed by atoms with E-state index in [9.17, 15) is 9.59 Å². The van der Waals surface area contributed by atoms with Gasteiger partial charge in [0.05, 0.1) is 27.3 Å². The fraction of sp³-hybridized carbons (Fsp3) is 0.440. The van der Waals surface area contributed by atoms with Crippen molar-refractivity contribution in [1.82, 2.24) is 9.80 Å². The first-order chi connectivity index (χ1) is 15.2. The highest BCUT2D eigenvalue weighted by Gasteiger charge is 2.24. The van der Waals surface area contributed by atoms with E-state index < -0.39 is 0 Å². The highest BCUT2D eigenvalue weighted by molar-refractivity contribution is 5.94. The molecule has 1 aliphatic rings. The van der Waals surface area contributed by atoms with Crippen LogP contribution >= 0.6 is 0 Å². The third-order valence-electron chi connectivity index (χ3n) is 5.83.